The van der Waals surface area contributed by atoms with Crippen LogP contribution in [0.25, 0.3) is 0 Å². The van der Waals surface area contributed by atoms with Gasteiger partial charge >= 0.3 is 0 Å². The summed E-state index contributed by atoms with van der Waals surface area (Å²) in [6.45, 7) is 0.681. The first-order chi connectivity index (χ1) is 4.88. The number of hydrogen-bond acceptors (Lipinski definition) is 2. The van der Waals surface area contributed by atoms with E-state index in [9.17, 15) is 4.79 Å². The monoisotopic (exact) mass is 136 g/mol. The summed E-state index contributed by atoms with van der Waals surface area (Å²) >= 11 is 0. The van der Waals surface area contributed by atoms with Crippen molar-refractivity contribution in [1.29, 1.82) is 0 Å². The molecule has 0 spiro atoms. The molecule has 0 saturated carbocycles. The Balaban J connectivity index is 2.39. The first-order valence-corrected chi connectivity index (χ1v) is 3.43. The Morgan fingerprint density at radius 1 is 1.50 bits per heavy atom. The van der Waals surface area contributed by atoms with Crippen LogP contribution in [0.4, 0.5) is 0 Å². The number of ketones is 1. The first kappa shape index (κ1) is 5.71. The van der Waals surface area contributed by atoms with Crippen molar-refractivity contribution in [2.24, 2.45) is 0 Å². The van der Waals surface area contributed by atoms with Crippen LogP contribution in [0.3, 0.4) is 0 Å². The Bertz CT molecular complexity index is 236. The maximum Gasteiger partial charge on any atom is 0.166 e. The second-order valence-electron chi connectivity index (χ2n) is 2.47. The largest absolute Gasteiger partial charge is 0.493 e. The number of Topliss-reactive ketones (excluding diaryl/α,β-unsaturated/α-hetero) is 1. The molecule has 0 N–H and O–H groups in total. The summed E-state index contributed by atoms with van der Waals surface area (Å²) < 4.78 is 5.20. The van der Waals surface area contributed by atoms with Crippen molar-refractivity contribution in [3.63, 3.8) is 0 Å². The summed E-state index contributed by atoms with van der Waals surface area (Å²) in [6, 6.07) is 0. The Kier molecular flexibility index (Phi) is 1.13. The third kappa shape index (κ3) is 0.685. The smallest absolute Gasteiger partial charge is 0.166 e. The molecular formula is C8H8O2. The number of carbonyl (C=O) groups is 1. The molecule has 0 bridgehead atoms. The van der Waals surface area contributed by atoms with Gasteiger partial charge < -0.3 is 4.74 Å². The minimum absolute atomic E-state index is 0.231. The van der Waals surface area contributed by atoms with E-state index in [0.29, 0.717) is 13.0 Å². The van der Waals surface area contributed by atoms with Crippen LogP contribution in [0.5, 0.6) is 0 Å². The van der Waals surface area contributed by atoms with E-state index in [1.807, 2.05) is 12.2 Å². The molecule has 1 aliphatic carbocycles. The second kappa shape index (κ2) is 1.97. The Hall–Kier alpha value is -1.05. The molecule has 2 heteroatoms. The zero-order valence-electron chi connectivity index (χ0n) is 5.59. The van der Waals surface area contributed by atoms with Crippen LogP contribution >= 0.6 is 0 Å². The van der Waals surface area contributed by atoms with Gasteiger partial charge in [0.25, 0.3) is 0 Å². The van der Waals surface area contributed by atoms with Gasteiger partial charge in [-0.3, -0.25) is 4.79 Å². The zero-order chi connectivity index (χ0) is 6.97. The van der Waals surface area contributed by atoms with Crippen LogP contribution in [-0.4, -0.2) is 12.4 Å². The lowest BCUT2D eigenvalue weighted by molar-refractivity contribution is -0.115. The van der Waals surface area contributed by atoms with Crippen molar-refractivity contribution >= 4 is 5.78 Å². The Morgan fingerprint density at radius 2 is 2.40 bits per heavy atom. The molecule has 0 unspecified atom stereocenters. The third-order valence-electron chi connectivity index (χ3n) is 1.82. The van der Waals surface area contributed by atoms with Crippen LogP contribution in [-0.2, 0) is 9.53 Å². The molecule has 0 radical (unpaired) electrons. The molecule has 0 aromatic rings. The van der Waals surface area contributed by atoms with E-state index in [1.165, 1.54) is 0 Å². The van der Waals surface area contributed by atoms with Crippen molar-refractivity contribution in [1.82, 2.24) is 0 Å². The van der Waals surface area contributed by atoms with Gasteiger partial charge in [-0.25, -0.2) is 0 Å². The van der Waals surface area contributed by atoms with E-state index in [1.54, 1.807) is 0 Å². The van der Waals surface area contributed by atoms with Gasteiger partial charge in [-0.2, -0.15) is 0 Å². The van der Waals surface area contributed by atoms with Crippen LogP contribution in [0.1, 0.15) is 12.8 Å². The molecule has 0 aromatic carbocycles. The molecule has 2 nitrogen and oxygen atoms in total. The van der Waals surface area contributed by atoms with Gasteiger partial charge in [-0.1, -0.05) is 6.08 Å². The quantitative estimate of drug-likeness (QED) is 0.500. The lowest BCUT2D eigenvalue weighted by atomic mass is 10.0. The fourth-order valence-corrected chi connectivity index (χ4v) is 1.30. The third-order valence-corrected chi connectivity index (χ3v) is 1.82. The molecule has 10 heavy (non-hydrogen) atoms. The minimum Gasteiger partial charge on any atom is -0.493 e. The van der Waals surface area contributed by atoms with E-state index in [2.05, 4.69) is 0 Å². The van der Waals surface area contributed by atoms with Crippen molar-refractivity contribution in [2.75, 3.05) is 6.61 Å². The van der Waals surface area contributed by atoms with Crippen molar-refractivity contribution < 1.29 is 9.53 Å². The van der Waals surface area contributed by atoms with Gasteiger partial charge in [0.05, 0.1) is 6.61 Å². The average Bonchev–Trinajstić information content (AvgIpc) is 2.36. The lowest BCUT2D eigenvalue weighted by Gasteiger charge is -2.03. The fourth-order valence-electron chi connectivity index (χ4n) is 1.30. The highest BCUT2D eigenvalue weighted by Crippen LogP contribution is 2.25. The SMILES string of the molecule is O=C1CC=CC2=C1CCO2. The maximum absolute atomic E-state index is 11.1. The first-order valence-electron chi connectivity index (χ1n) is 3.43. The Morgan fingerprint density at radius 3 is 3.20 bits per heavy atom. The van der Waals surface area contributed by atoms with Gasteiger partial charge in [0.15, 0.2) is 5.78 Å². The van der Waals surface area contributed by atoms with E-state index >= 15 is 0 Å². The highest BCUT2D eigenvalue weighted by Gasteiger charge is 2.22. The summed E-state index contributed by atoms with van der Waals surface area (Å²) in [7, 11) is 0. The molecule has 0 aromatic heterocycles. The van der Waals surface area contributed by atoms with E-state index in [4.69, 9.17) is 4.74 Å². The normalized spacial score (nSPS) is 23.0. The standard InChI is InChI=1S/C8H8O2/c9-7-2-1-3-8-6(7)4-5-10-8/h1,3H,2,4-5H2. The number of rotatable bonds is 0. The molecule has 0 amide bonds. The number of hydrogen-bond donors (Lipinski definition) is 0. The van der Waals surface area contributed by atoms with Gasteiger partial charge in [0.2, 0.25) is 0 Å². The van der Waals surface area contributed by atoms with Crippen molar-refractivity contribution in [3.05, 3.63) is 23.5 Å². The molecule has 0 fully saturated rings. The topological polar surface area (TPSA) is 26.3 Å². The molecule has 1 heterocycles. The van der Waals surface area contributed by atoms with Crippen molar-refractivity contribution in [2.45, 2.75) is 12.8 Å². The van der Waals surface area contributed by atoms with E-state index < -0.39 is 0 Å². The van der Waals surface area contributed by atoms with Gasteiger partial charge in [-0.15, -0.1) is 0 Å². The highest BCUT2D eigenvalue weighted by atomic mass is 16.5. The molecule has 1 aliphatic heterocycles. The number of ether oxygens (including phenoxy) is 1. The predicted molar refractivity (Wildman–Crippen MR) is 36.4 cm³/mol. The van der Waals surface area contributed by atoms with Crippen LogP contribution in [0.2, 0.25) is 0 Å². The number of carbonyl (C=O) groups excluding carboxylic acids is 1. The molecular weight excluding hydrogens is 128 g/mol. The van der Waals surface area contributed by atoms with Crippen molar-refractivity contribution in [3.8, 4) is 0 Å². The summed E-state index contributed by atoms with van der Waals surface area (Å²) in [6.07, 6.45) is 5.11. The lowest BCUT2D eigenvalue weighted by Crippen LogP contribution is -2.03. The summed E-state index contributed by atoms with van der Waals surface area (Å²) in [4.78, 5) is 11.1. The predicted octanol–water partition coefficient (Wildman–Crippen LogP) is 1.19. The van der Waals surface area contributed by atoms with Crippen LogP contribution in [0, 0.1) is 0 Å². The molecule has 0 saturated heterocycles. The highest BCUT2D eigenvalue weighted by molar-refractivity contribution is 5.98. The van der Waals surface area contributed by atoms with Crippen LogP contribution < -0.4 is 0 Å². The maximum atomic E-state index is 11.1. The molecule has 2 aliphatic rings. The number of allylic oxidation sites excluding steroid dienone is 2. The minimum atomic E-state index is 0.231. The molecule has 0 atom stereocenters. The summed E-state index contributed by atoms with van der Waals surface area (Å²) in [5.74, 6) is 1.03. The van der Waals surface area contributed by atoms with Crippen LogP contribution in [0.15, 0.2) is 23.5 Å². The average molecular weight is 136 g/mol. The summed E-state index contributed by atoms with van der Waals surface area (Å²) in [5, 5.41) is 0. The van der Waals surface area contributed by atoms with Gasteiger partial charge in [0, 0.05) is 18.4 Å². The van der Waals surface area contributed by atoms with Gasteiger partial charge in [0.1, 0.15) is 5.76 Å². The fraction of sp³-hybridized carbons (Fsp3) is 0.375. The van der Waals surface area contributed by atoms with E-state index in [-0.39, 0.29) is 5.78 Å². The summed E-state index contributed by atoms with van der Waals surface area (Å²) in [5.41, 5.74) is 0.891. The Labute approximate surface area is 59.2 Å². The molecule has 52 valence electrons. The van der Waals surface area contributed by atoms with Gasteiger partial charge in [-0.05, 0) is 6.08 Å². The van der Waals surface area contributed by atoms with E-state index in [0.717, 1.165) is 17.8 Å². The second-order valence-corrected chi connectivity index (χ2v) is 2.47. The molecule has 2 rings (SSSR count). The zero-order valence-corrected chi connectivity index (χ0v) is 5.59.